The van der Waals surface area contributed by atoms with Gasteiger partial charge in [0.15, 0.2) is 0 Å². The van der Waals surface area contributed by atoms with Crippen LogP contribution in [0.25, 0.3) is 0 Å². The zero-order valence-corrected chi connectivity index (χ0v) is 13.3. The third kappa shape index (κ3) is 3.78. The van der Waals surface area contributed by atoms with E-state index in [2.05, 4.69) is 52.0 Å². The molecule has 4 heteroatoms. The molecule has 3 atom stereocenters. The van der Waals surface area contributed by atoms with Gasteiger partial charge in [-0.05, 0) is 43.5 Å². The summed E-state index contributed by atoms with van der Waals surface area (Å²) in [5.41, 5.74) is 7.52. The summed E-state index contributed by atoms with van der Waals surface area (Å²) in [5, 5.41) is 0. The van der Waals surface area contributed by atoms with Crippen molar-refractivity contribution in [2.45, 2.75) is 25.4 Å². The Labute approximate surface area is 124 Å². The van der Waals surface area contributed by atoms with Gasteiger partial charge in [0.1, 0.15) is 0 Å². The molecule has 1 aliphatic rings. The molecule has 19 heavy (non-hydrogen) atoms. The average Bonchev–Trinajstić information content (AvgIpc) is 2.78. The van der Waals surface area contributed by atoms with Gasteiger partial charge in [-0.2, -0.15) is 0 Å². The summed E-state index contributed by atoms with van der Waals surface area (Å²) in [5.74, 6) is 0.637. The third-order valence-corrected chi connectivity index (χ3v) is 4.29. The fourth-order valence-electron chi connectivity index (χ4n) is 3.02. The summed E-state index contributed by atoms with van der Waals surface area (Å²) in [6.07, 6.45) is 1.20. The zero-order valence-electron chi connectivity index (χ0n) is 11.7. The largest absolute Gasteiger partial charge is 0.384 e. The normalized spacial score (nSPS) is 23.5. The van der Waals surface area contributed by atoms with Gasteiger partial charge in [0, 0.05) is 30.2 Å². The topological polar surface area (TPSA) is 38.5 Å². The highest BCUT2D eigenvalue weighted by atomic mass is 79.9. The summed E-state index contributed by atoms with van der Waals surface area (Å²) < 4.78 is 6.39. The summed E-state index contributed by atoms with van der Waals surface area (Å²) in [6, 6.07) is 8.90. The SMILES string of the molecule is COCC1CCN(C(c2cccc(Br)c2)C(C)N)C1. The smallest absolute Gasteiger partial charge is 0.0503 e. The summed E-state index contributed by atoms with van der Waals surface area (Å²) in [7, 11) is 1.78. The lowest BCUT2D eigenvalue weighted by molar-refractivity contribution is 0.143. The van der Waals surface area contributed by atoms with E-state index in [1.165, 1.54) is 12.0 Å². The molecule has 0 amide bonds. The van der Waals surface area contributed by atoms with Crippen molar-refractivity contribution in [2.24, 2.45) is 11.7 Å². The molecule has 1 fully saturated rings. The van der Waals surface area contributed by atoms with Crippen LogP contribution >= 0.6 is 15.9 Å². The Hall–Kier alpha value is -0.420. The zero-order chi connectivity index (χ0) is 13.8. The lowest BCUT2D eigenvalue weighted by atomic mass is 9.99. The predicted molar refractivity (Wildman–Crippen MR) is 82.1 cm³/mol. The minimum absolute atomic E-state index is 0.121. The van der Waals surface area contributed by atoms with Crippen LogP contribution in [0.2, 0.25) is 0 Å². The van der Waals surface area contributed by atoms with Crippen molar-refractivity contribution in [2.75, 3.05) is 26.8 Å². The molecule has 0 spiro atoms. The Morgan fingerprint density at radius 1 is 1.53 bits per heavy atom. The van der Waals surface area contributed by atoms with Crippen molar-refractivity contribution in [3.63, 3.8) is 0 Å². The fourth-order valence-corrected chi connectivity index (χ4v) is 3.44. The van der Waals surface area contributed by atoms with Crippen LogP contribution in [0, 0.1) is 5.92 Å². The number of methoxy groups -OCH3 is 1. The van der Waals surface area contributed by atoms with Gasteiger partial charge in [-0.1, -0.05) is 28.1 Å². The summed E-state index contributed by atoms with van der Waals surface area (Å²) in [6.45, 7) is 5.12. The molecule has 0 bridgehead atoms. The number of ether oxygens (including phenoxy) is 1. The van der Waals surface area contributed by atoms with E-state index in [1.807, 2.05) is 0 Å². The number of nitrogens with two attached hydrogens (primary N) is 1. The molecule has 1 heterocycles. The van der Waals surface area contributed by atoms with Gasteiger partial charge in [-0.25, -0.2) is 0 Å². The first-order valence-corrected chi connectivity index (χ1v) is 7.65. The monoisotopic (exact) mass is 326 g/mol. The van der Waals surface area contributed by atoms with E-state index < -0.39 is 0 Å². The van der Waals surface area contributed by atoms with Crippen LogP contribution in [0.15, 0.2) is 28.7 Å². The molecule has 0 aromatic heterocycles. The lowest BCUT2D eigenvalue weighted by Gasteiger charge is -2.31. The molecular formula is C15H23BrN2O. The van der Waals surface area contributed by atoms with E-state index in [1.54, 1.807) is 7.11 Å². The standard InChI is InChI=1S/C15H23BrN2O/c1-11(17)15(13-4-3-5-14(16)8-13)18-7-6-12(9-18)10-19-2/h3-5,8,11-12,15H,6-7,9-10,17H2,1-2H3. The Bertz CT molecular complexity index is 411. The van der Waals surface area contributed by atoms with Crippen LogP contribution in [-0.4, -0.2) is 37.7 Å². The Kier molecular flexibility index (Phi) is 5.39. The van der Waals surface area contributed by atoms with Crippen molar-refractivity contribution in [1.29, 1.82) is 0 Å². The van der Waals surface area contributed by atoms with Crippen LogP contribution < -0.4 is 5.73 Å². The molecule has 106 valence electrons. The molecule has 1 saturated heterocycles. The van der Waals surface area contributed by atoms with Crippen LogP contribution in [0.5, 0.6) is 0 Å². The maximum atomic E-state index is 6.23. The Balaban J connectivity index is 2.13. The Morgan fingerprint density at radius 2 is 2.32 bits per heavy atom. The third-order valence-electron chi connectivity index (χ3n) is 3.80. The molecule has 0 saturated carbocycles. The van der Waals surface area contributed by atoms with Crippen LogP contribution in [0.1, 0.15) is 24.9 Å². The van der Waals surface area contributed by atoms with Crippen LogP contribution in [-0.2, 0) is 4.74 Å². The van der Waals surface area contributed by atoms with Crippen LogP contribution in [0.4, 0.5) is 0 Å². The first-order valence-electron chi connectivity index (χ1n) is 6.86. The quantitative estimate of drug-likeness (QED) is 0.904. The van der Waals surface area contributed by atoms with Gasteiger partial charge >= 0.3 is 0 Å². The number of likely N-dealkylation sites (tertiary alicyclic amines) is 1. The van der Waals surface area contributed by atoms with Gasteiger partial charge in [-0.3, -0.25) is 4.90 Å². The molecule has 1 aromatic carbocycles. The predicted octanol–water partition coefficient (Wildman–Crippen LogP) is 2.81. The molecule has 3 nitrogen and oxygen atoms in total. The maximum Gasteiger partial charge on any atom is 0.0503 e. The Morgan fingerprint density at radius 3 is 2.95 bits per heavy atom. The molecular weight excluding hydrogens is 304 g/mol. The van der Waals surface area contributed by atoms with Gasteiger partial charge in [0.05, 0.1) is 6.61 Å². The molecule has 3 unspecified atom stereocenters. The van der Waals surface area contributed by atoms with Crippen molar-refractivity contribution >= 4 is 15.9 Å². The van der Waals surface area contributed by atoms with Crippen molar-refractivity contribution < 1.29 is 4.74 Å². The molecule has 0 radical (unpaired) electrons. The molecule has 1 aromatic rings. The molecule has 0 aliphatic carbocycles. The fraction of sp³-hybridized carbons (Fsp3) is 0.600. The van der Waals surface area contributed by atoms with E-state index in [0.717, 1.165) is 24.2 Å². The van der Waals surface area contributed by atoms with E-state index in [9.17, 15) is 0 Å². The number of halogens is 1. The van der Waals surface area contributed by atoms with Crippen LogP contribution in [0.3, 0.4) is 0 Å². The molecule has 2 N–H and O–H groups in total. The van der Waals surface area contributed by atoms with Crippen molar-refractivity contribution in [3.05, 3.63) is 34.3 Å². The van der Waals surface area contributed by atoms with Crippen molar-refractivity contribution in [1.82, 2.24) is 4.90 Å². The lowest BCUT2D eigenvalue weighted by Crippen LogP contribution is -2.38. The average molecular weight is 327 g/mol. The van der Waals surface area contributed by atoms with Crippen molar-refractivity contribution in [3.8, 4) is 0 Å². The van der Waals surface area contributed by atoms with Gasteiger partial charge in [0.2, 0.25) is 0 Å². The number of rotatable bonds is 5. The summed E-state index contributed by atoms with van der Waals surface area (Å²) in [4.78, 5) is 2.50. The summed E-state index contributed by atoms with van der Waals surface area (Å²) >= 11 is 3.55. The number of benzene rings is 1. The minimum Gasteiger partial charge on any atom is -0.384 e. The first-order chi connectivity index (χ1) is 9.11. The second-order valence-corrected chi connectivity index (χ2v) is 6.38. The van der Waals surface area contributed by atoms with Gasteiger partial charge in [-0.15, -0.1) is 0 Å². The van der Waals surface area contributed by atoms with Gasteiger partial charge < -0.3 is 10.5 Å². The number of nitrogens with zero attached hydrogens (tertiary/aromatic N) is 1. The van der Waals surface area contributed by atoms with E-state index in [-0.39, 0.29) is 6.04 Å². The van der Waals surface area contributed by atoms with Gasteiger partial charge in [0.25, 0.3) is 0 Å². The second-order valence-electron chi connectivity index (χ2n) is 5.46. The maximum absolute atomic E-state index is 6.23. The minimum atomic E-state index is 0.121. The second kappa shape index (κ2) is 6.84. The highest BCUT2D eigenvalue weighted by molar-refractivity contribution is 9.10. The molecule has 1 aliphatic heterocycles. The molecule has 2 rings (SSSR count). The van der Waals surface area contributed by atoms with E-state index in [4.69, 9.17) is 10.5 Å². The number of hydrogen-bond acceptors (Lipinski definition) is 3. The van der Waals surface area contributed by atoms with E-state index in [0.29, 0.717) is 12.0 Å². The van der Waals surface area contributed by atoms with E-state index >= 15 is 0 Å². The highest BCUT2D eigenvalue weighted by Crippen LogP contribution is 2.30. The first kappa shape index (κ1) is 15.0. The highest BCUT2D eigenvalue weighted by Gasteiger charge is 2.31. The number of hydrogen-bond donors (Lipinski definition) is 1.